The molecule has 2 rings (SSSR count). The normalized spacial score (nSPS) is 15.5. The first-order valence-electron chi connectivity index (χ1n) is 6.07. The summed E-state index contributed by atoms with van der Waals surface area (Å²) in [5, 5.41) is 0. The number of imide groups is 1. The van der Waals surface area contributed by atoms with Gasteiger partial charge in [0.1, 0.15) is 6.54 Å². The molecule has 0 bridgehead atoms. The van der Waals surface area contributed by atoms with Crippen LogP contribution in [0.5, 0.6) is 0 Å². The Morgan fingerprint density at radius 1 is 1.26 bits per heavy atom. The second kappa shape index (κ2) is 5.81. The Morgan fingerprint density at radius 2 is 1.95 bits per heavy atom. The number of ether oxygens (including phenoxy) is 1. The number of carbonyl (C=O) groups is 2. The van der Waals surface area contributed by atoms with Crippen LogP contribution in [0.2, 0.25) is 0 Å². The SMILES string of the molecule is COCCN1CC(=O)N(c2ccc(CN)cc2)C1=O. The molecule has 1 saturated heterocycles. The lowest BCUT2D eigenvalue weighted by molar-refractivity contribution is -0.116. The Bertz CT molecular complexity index is 473. The van der Waals surface area contributed by atoms with Gasteiger partial charge in [0, 0.05) is 20.2 Å². The monoisotopic (exact) mass is 263 g/mol. The van der Waals surface area contributed by atoms with Gasteiger partial charge >= 0.3 is 6.03 Å². The maximum Gasteiger partial charge on any atom is 0.331 e. The number of nitrogens with two attached hydrogens (primary N) is 1. The Morgan fingerprint density at radius 3 is 2.53 bits per heavy atom. The number of benzene rings is 1. The summed E-state index contributed by atoms with van der Waals surface area (Å²) >= 11 is 0. The van der Waals surface area contributed by atoms with Crippen molar-refractivity contribution in [1.82, 2.24) is 4.90 Å². The van der Waals surface area contributed by atoms with Crippen LogP contribution in [0.4, 0.5) is 10.5 Å². The molecular formula is C13H17N3O3. The second-order valence-electron chi connectivity index (χ2n) is 4.30. The third-order valence-electron chi connectivity index (χ3n) is 3.03. The molecule has 0 unspecified atom stereocenters. The van der Waals surface area contributed by atoms with Crippen molar-refractivity contribution in [3.05, 3.63) is 29.8 Å². The van der Waals surface area contributed by atoms with E-state index in [0.29, 0.717) is 25.4 Å². The molecule has 0 saturated carbocycles. The van der Waals surface area contributed by atoms with Crippen molar-refractivity contribution in [2.24, 2.45) is 5.73 Å². The van der Waals surface area contributed by atoms with Crippen molar-refractivity contribution in [3.63, 3.8) is 0 Å². The van der Waals surface area contributed by atoms with Crippen LogP contribution in [0, 0.1) is 0 Å². The first kappa shape index (κ1) is 13.5. The fourth-order valence-electron chi connectivity index (χ4n) is 1.96. The Labute approximate surface area is 111 Å². The van der Waals surface area contributed by atoms with E-state index in [-0.39, 0.29) is 18.5 Å². The third kappa shape index (κ3) is 2.74. The molecule has 102 valence electrons. The highest BCUT2D eigenvalue weighted by Crippen LogP contribution is 2.21. The van der Waals surface area contributed by atoms with Crippen LogP contribution in [0.25, 0.3) is 0 Å². The molecule has 1 aromatic carbocycles. The fourth-order valence-corrected chi connectivity index (χ4v) is 1.96. The quantitative estimate of drug-likeness (QED) is 0.788. The largest absolute Gasteiger partial charge is 0.383 e. The van der Waals surface area contributed by atoms with Crippen LogP contribution in [-0.4, -0.2) is 43.6 Å². The van der Waals surface area contributed by atoms with Gasteiger partial charge in [-0.1, -0.05) is 12.1 Å². The molecule has 0 aromatic heterocycles. The molecule has 1 aromatic rings. The number of rotatable bonds is 5. The molecule has 3 amide bonds. The first-order valence-corrected chi connectivity index (χ1v) is 6.07. The van der Waals surface area contributed by atoms with Crippen molar-refractivity contribution < 1.29 is 14.3 Å². The lowest BCUT2D eigenvalue weighted by atomic mass is 10.2. The van der Waals surface area contributed by atoms with Gasteiger partial charge in [-0.3, -0.25) is 4.79 Å². The highest BCUT2D eigenvalue weighted by molar-refractivity contribution is 6.19. The molecule has 6 nitrogen and oxygen atoms in total. The molecule has 2 N–H and O–H groups in total. The van der Waals surface area contributed by atoms with Gasteiger partial charge < -0.3 is 15.4 Å². The summed E-state index contributed by atoms with van der Waals surface area (Å²) in [5.41, 5.74) is 7.05. The lowest BCUT2D eigenvalue weighted by Gasteiger charge is -2.16. The average Bonchev–Trinajstić information content (AvgIpc) is 2.71. The van der Waals surface area contributed by atoms with Crippen molar-refractivity contribution in [1.29, 1.82) is 0 Å². The smallest absolute Gasteiger partial charge is 0.331 e. The Hall–Kier alpha value is -1.92. The van der Waals surface area contributed by atoms with Gasteiger partial charge in [-0.25, -0.2) is 9.69 Å². The van der Waals surface area contributed by atoms with E-state index < -0.39 is 0 Å². The van der Waals surface area contributed by atoms with Gasteiger partial charge in [0.25, 0.3) is 5.91 Å². The predicted octanol–water partition coefficient (Wildman–Crippen LogP) is 0.560. The van der Waals surface area contributed by atoms with Crippen molar-refractivity contribution in [2.75, 3.05) is 31.7 Å². The summed E-state index contributed by atoms with van der Waals surface area (Å²) in [4.78, 5) is 26.7. The predicted molar refractivity (Wildman–Crippen MR) is 70.7 cm³/mol. The zero-order chi connectivity index (χ0) is 13.8. The topological polar surface area (TPSA) is 75.9 Å². The van der Waals surface area contributed by atoms with E-state index in [9.17, 15) is 9.59 Å². The molecule has 1 aliphatic rings. The summed E-state index contributed by atoms with van der Waals surface area (Å²) in [6.45, 7) is 1.36. The van der Waals surface area contributed by atoms with Crippen LogP contribution < -0.4 is 10.6 Å². The minimum atomic E-state index is -0.303. The van der Waals surface area contributed by atoms with Gasteiger partial charge in [0.05, 0.1) is 12.3 Å². The average molecular weight is 263 g/mol. The van der Waals surface area contributed by atoms with E-state index >= 15 is 0 Å². The summed E-state index contributed by atoms with van der Waals surface area (Å²) in [6, 6.07) is 6.79. The molecule has 6 heteroatoms. The maximum absolute atomic E-state index is 12.1. The summed E-state index contributed by atoms with van der Waals surface area (Å²) in [7, 11) is 1.56. The fraction of sp³-hybridized carbons (Fsp3) is 0.385. The Balaban J connectivity index is 2.14. The molecule has 19 heavy (non-hydrogen) atoms. The van der Waals surface area contributed by atoms with E-state index in [1.54, 1.807) is 19.2 Å². The number of nitrogens with zero attached hydrogens (tertiary/aromatic N) is 2. The van der Waals surface area contributed by atoms with Crippen LogP contribution in [-0.2, 0) is 16.1 Å². The minimum absolute atomic E-state index is 0.0980. The molecule has 0 atom stereocenters. The molecule has 0 spiro atoms. The van der Waals surface area contributed by atoms with Crippen LogP contribution in [0.1, 0.15) is 5.56 Å². The number of hydrogen-bond acceptors (Lipinski definition) is 4. The van der Waals surface area contributed by atoms with Crippen molar-refractivity contribution in [3.8, 4) is 0 Å². The molecule has 1 fully saturated rings. The number of amides is 3. The molecule has 0 aliphatic carbocycles. The number of anilines is 1. The number of hydrogen-bond donors (Lipinski definition) is 1. The highest BCUT2D eigenvalue weighted by Gasteiger charge is 2.36. The zero-order valence-electron chi connectivity index (χ0n) is 10.8. The molecule has 1 heterocycles. The van der Waals surface area contributed by atoms with Gasteiger partial charge in [-0.05, 0) is 17.7 Å². The number of urea groups is 1. The van der Waals surface area contributed by atoms with Gasteiger partial charge in [-0.2, -0.15) is 0 Å². The van der Waals surface area contributed by atoms with Crippen LogP contribution >= 0.6 is 0 Å². The maximum atomic E-state index is 12.1. The van der Waals surface area contributed by atoms with E-state index in [4.69, 9.17) is 10.5 Å². The molecular weight excluding hydrogens is 246 g/mol. The molecule has 1 aliphatic heterocycles. The zero-order valence-corrected chi connectivity index (χ0v) is 10.8. The third-order valence-corrected chi connectivity index (χ3v) is 3.03. The summed E-state index contributed by atoms with van der Waals surface area (Å²) in [6.07, 6.45) is 0. The molecule has 0 radical (unpaired) electrons. The Kier molecular flexibility index (Phi) is 4.13. The summed E-state index contributed by atoms with van der Waals surface area (Å²) < 4.78 is 4.92. The second-order valence-corrected chi connectivity index (χ2v) is 4.30. The highest BCUT2D eigenvalue weighted by atomic mass is 16.5. The van der Waals surface area contributed by atoms with E-state index in [2.05, 4.69) is 0 Å². The lowest BCUT2D eigenvalue weighted by Crippen LogP contribution is -2.34. The standard InChI is InChI=1S/C13H17N3O3/c1-19-7-6-15-9-12(17)16(13(15)18)11-4-2-10(8-14)3-5-11/h2-5H,6-9,14H2,1H3. The van der Waals surface area contributed by atoms with Crippen molar-refractivity contribution >= 4 is 17.6 Å². The summed E-state index contributed by atoms with van der Waals surface area (Å²) in [5.74, 6) is -0.221. The van der Waals surface area contributed by atoms with E-state index in [0.717, 1.165) is 5.56 Å². The number of carbonyl (C=O) groups excluding carboxylic acids is 2. The van der Waals surface area contributed by atoms with Gasteiger partial charge in [-0.15, -0.1) is 0 Å². The number of methoxy groups -OCH3 is 1. The van der Waals surface area contributed by atoms with E-state index in [1.165, 1.54) is 9.80 Å². The van der Waals surface area contributed by atoms with Crippen LogP contribution in [0.3, 0.4) is 0 Å². The van der Waals surface area contributed by atoms with E-state index in [1.807, 2.05) is 12.1 Å². The van der Waals surface area contributed by atoms with Crippen LogP contribution in [0.15, 0.2) is 24.3 Å². The van der Waals surface area contributed by atoms with Crippen molar-refractivity contribution in [2.45, 2.75) is 6.54 Å². The van der Waals surface area contributed by atoms with Gasteiger partial charge in [0.2, 0.25) is 0 Å². The van der Waals surface area contributed by atoms with Gasteiger partial charge in [0.15, 0.2) is 0 Å². The minimum Gasteiger partial charge on any atom is -0.383 e. The first-order chi connectivity index (χ1) is 9.17.